The molecule has 0 radical (unpaired) electrons. The molecule has 2 saturated carbocycles. The van der Waals surface area contributed by atoms with Crippen molar-refractivity contribution in [2.24, 2.45) is 11.8 Å². The van der Waals surface area contributed by atoms with Crippen molar-refractivity contribution in [3.05, 3.63) is 35.9 Å². The molecule has 3 unspecified atom stereocenters. The minimum absolute atomic E-state index is 0.0944. The molecule has 7 nitrogen and oxygen atoms in total. The van der Waals surface area contributed by atoms with Gasteiger partial charge in [-0.3, -0.25) is 4.79 Å². The van der Waals surface area contributed by atoms with Crippen LogP contribution in [0.1, 0.15) is 63.4 Å². The van der Waals surface area contributed by atoms with Gasteiger partial charge >= 0.3 is 6.03 Å². The van der Waals surface area contributed by atoms with Gasteiger partial charge in [-0.25, -0.2) is 4.79 Å². The molecule has 2 saturated heterocycles. The summed E-state index contributed by atoms with van der Waals surface area (Å²) in [6, 6.07) is 11.6. The molecule has 1 aromatic rings. The number of likely N-dealkylation sites (tertiary alicyclic amines) is 2. The molecule has 0 spiro atoms. The average Bonchev–Trinajstić information content (AvgIpc) is 3.65. The van der Waals surface area contributed by atoms with Crippen LogP contribution in [0.2, 0.25) is 0 Å². The van der Waals surface area contributed by atoms with Gasteiger partial charge in [-0.1, -0.05) is 30.3 Å². The Hall–Kier alpha value is -2.12. The lowest BCUT2D eigenvalue weighted by Gasteiger charge is -2.44. The first-order valence-electron chi connectivity index (χ1n) is 13.8. The normalized spacial score (nSPS) is 31.1. The van der Waals surface area contributed by atoms with E-state index in [9.17, 15) is 14.7 Å². The van der Waals surface area contributed by atoms with Crippen LogP contribution in [0.25, 0.3) is 0 Å². The van der Waals surface area contributed by atoms with Crippen LogP contribution >= 0.6 is 0 Å². The predicted octanol–water partition coefficient (Wildman–Crippen LogP) is 3.05. The number of nitrogens with zero attached hydrogens (tertiary/aromatic N) is 3. The first-order chi connectivity index (χ1) is 17.0. The van der Waals surface area contributed by atoms with E-state index >= 15 is 0 Å². The molecule has 2 aliphatic heterocycles. The molecule has 35 heavy (non-hydrogen) atoms. The predicted molar refractivity (Wildman–Crippen MR) is 136 cm³/mol. The summed E-state index contributed by atoms with van der Waals surface area (Å²) < 4.78 is 0. The van der Waals surface area contributed by atoms with E-state index in [1.54, 1.807) is 0 Å². The monoisotopic (exact) mass is 482 g/mol. The van der Waals surface area contributed by atoms with E-state index in [0.717, 1.165) is 64.7 Å². The second-order valence-electron chi connectivity index (χ2n) is 11.2. The number of benzene rings is 1. The molecule has 4 aliphatic rings. The highest BCUT2D eigenvalue weighted by Crippen LogP contribution is 2.40. The number of amides is 3. The van der Waals surface area contributed by atoms with Crippen LogP contribution in [0, 0.1) is 11.8 Å². The van der Waals surface area contributed by atoms with Crippen molar-refractivity contribution in [2.75, 3.05) is 39.3 Å². The maximum absolute atomic E-state index is 13.4. The van der Waals surface area contributed by atoms with Crippen molar-refractivity contribution >= 4 is 11.9 Å². The summed E-state index contributed by atoms with van der Waals surface area (Å²) in [6.45, 7) is 6.66. The smallest absolute Gasteiger partial charge is 0.320 e. The van der Waals surface area contributed by atoms with Gasteiger partial charge in [-0.2, -0.15) is 0 Å². The largest absolute Gasteiger partial charge is 0.393 e. The van der Waals surface area contributed by atoms with E-state index in [1.807, 2.05) is 21.6 Å². The summed E-state index contributed by atoms with van der Waals surface area (Å²) in [5.74, 6) is 1.27. The van der Waals surface area contributed by atoms with Crippen molar-refractivity contribution in [1.29, 1.82) is 0 Å². The molecular formula is C28H42N4O3. The van der Waals surface area contributed by atoms with Crippen molar-refractivity contribution in [2.45, 2.75) is 76.0 Å². The molecule has 2 heterocycles. The van der Waals surface area contributed by atoms with Gasteiger partial charge in [-0.05, 0) is 57.4 Å². The Morgan fingerprint density at radius 3 is 2.49 bits per heavy atom. The van der Waals surface area contributed by atoms with Gasteiger partial charge in [0.15, 0.2) is 0 Å². The number of aliphatic hydroxyl groups is 1. The summed E-state index contributed by atoms with van der Waals surface area (Å²) in [5, 5.41) is 13.5. The Labute approximate surface area is 209 Å². The summed E-state index contributed by atoms with van der Waals surface area (Å²) in [6.07, 6.45) is 6.07. The zero-order chi connectivity index (χ0) is 24.4. The minimum Gasteiger partial charge on any atom is -0.393 e. The topological polar surface area (TPSA) is 76.1 Å². The molecule has 4 fully saturated rings. The number of carbonyl (C=O) groups excluding carboxylic acids is 2. The molecule has 5 rings (SSSR count). The van der Waals surface area contributed by atoms with Crippen LogP contribution in [0.4, 0.5) is 4.79 Å². The first kappa shape index (κ1) is 24.6. The van der Waals surface area contributed by atoms with Crippen molar-refractivity contribution in [3.8, 4) is 0 Å². The molecule has 2 aliphatic carbocycles. The standard InChI is InChI=1S/C28H42N4O3/c1-2-32(23-10-12-24(33)13-11-23)27(34)22-9-6-14-30(19-22)28(35)31-17-20(18-31)16-29-26-15-25(26)21-7-4-3-5-8-21/h3-5,7-8,20,22-26,29,33H,2,6,9-19H2,1H3. The number of aliphatic hydroxyl groups excluding tert-OH is 1. The van der Waals surface area contributed by atoms with Gasteiger partial charge in [0.05, 0.1) is 12.0 Å². The molecule has 192 valence electrons. The van der Waals surface area contributed by atoms with Crippen LogP contribution in [0.3, 0.4) is 0 Å². The minimum atomic E-state index is -0.215. The number of rotatable bonds is 7. The average molecular weight is 483 g/mol. The van der Waals surface area contributed by atoms with Crippen molar-refractivity contribution in [1.82, 2.24) is 20.0 Å². The molecular weight excluding hydrogens is 440 g/mol. The Bertz CT molecular complexity index is 866. The Kier molecular flexibility index (Phi) is 7.63. The summed E-state index contributed by atoms with van der Waals surface area (Å²) in [7, 11) is 0. The third-order valence-electron chi connectivity index (χ3n) is 8.69. The maximum atomic E-state index is 13.4. The molecule has 7 heteroatoms. The van der Waals surface area contributed by atoms with Gasteiger partial charge < -0.3 is 25.1 Å². The highest BCUT2D eigenvalue weighted by atomic mass is 16.3. The lowest BCUT2D eigenvalue weighted by atomic mass is 9.90. The molecule has 1 aromatic carbocycles. The van der Waals surface area contributed by atoms with E-state index in [2.05, 4.69) is 35.6 Å². The maximum Gasteiger partial charge on any atom is 0.320 e. The number of nitrogens with one attached hydrogen (secondary N) is 1. The van der Waals surface area contributed by atoms with E-state index in [-0.39, 0.29) is 30.0 Å². The number of piperidine rings is 1. The Balaban J connectivity index is 1.05. The zero-order valence-corrected chi connectivity index (χ0v) is 21.1. The lowest BCUT2D eigenvalue weighted by molar-refractivity contribution is -0.140. The molecule has 0 bridgehead atoms. The Morgan fingerprint density at radius 2 is 1.77 bits per heavy atom. The number of urea groups is 1. The van der Waals surface area contributed by atoms with E-state index in [1.165, 1.54) is 12.0 Å². The van der Waals surface area contributed by atoms with Gasteiger partial charge in [0.25, 0.3) is 0 Å². The number of hydrogen-bond acceptors (Lipinski definition) is 4. The zero-order valence-electron chi connectivity index (χ0n) is 21.1. The molecule has 3 atom stereocenters. The molecule has 2 N–H and O–H groups in total. The quantitative estimate of drug-likeness (QED) is 0.626. The van der Waals surface area contributed by atoms with Gasteiger partial charge in [0, 0.05) is 63.2 Å². The fourth-order valence-electron chi connectivity index (χ4n) is 6.41. The highest BCUT2D eigenvalue weighted by Gasteiger charge is 2.41. The number of hydrogen-bond donors (Lipinski definition) is 2. The van der Waals surface area contributed by atoms with Crippen LogP contribution in [0.15, 0.2) is 30.3 Å². The second-order valence-corrected chi connectivity index (χ2v) is 11.2. The van der Waals surface area contributed by atoms with E-state index < -0.39 is 0 Å². The summed E-state index contributed by atoms with van der Waals surface area (Å²) in [4.78, 5) is 32.4. The van der Waals surface area contributed by atoms with Gasteiger partial charge in [-0.15, -0.1) is 0 Å². The second kappa shape index (κ2) is 10.9. The summed E-state index contributed by atoms with van der Waals surface area (Å²) >= 11 is 0. The number of carbonyl (C=O) groups is 2. The van der Waals surface area contributed by atoms with E-state index in [4.69, 9.17) is 0 Å². The fraction of sp³-hybridized carbons (Fsp3) is 0.714. The SMILES string of the molecule is CCN(C(=O)C1CCCN(C(=O)N2CC(CNC3CC3c3ccccc3)C2)C1)C1CCC(O)CC1. The van der Waals surface area contributed by atoms with Crippen molar-refractivity contribution in [3.63, 3.8) is 0 Å². The van der Waals surface area contributed by atoms with Crippen LogP contribution < -0.4 is 5.32 Å². The highest BCUT2D eigenvalue weighted by molar-refractivity contribution is 5.81. The van der Waals surface area contributed by atoms with E-state index in [0.29, 0.717) is 31.0 Å². The van der Waals surface area contributed by atoms with Gasteiger partial charge in [0.2, 0.25) is 5.91 Å². The molecule has 3 amide bonds. The third-order valence-corrected chi connectivity index (χ3v) is 8.69. The van der Waals surface area contributed by atoms with Crippen molar-refractivity contribution < 1.29 is 14.7 Å². The fourth-order valence-corrected chi connectivity index (χ4v) is 6.41. The lowest BCUT2D eigenvalue weighted by Crippen LogP contribution is -2.59. The van der Waals surface area contributed by atoms with Crippen LogP contribution in [-0.2, 0) is 4.79 Å². The summed E-state index contributed by atoms with van der Waals surface area (Å²) in [5.41, 5.74) is 1.42. The third kappa shape index (κ3) is 5.67. The Morgan fingerprint density at radius 1 is 1.03 bits per heavy atom. The molecule has 0 aromatic heterocycles. The van der Waals surface area contributed by atoms with Crippen LogP contribution in [-0.4, -0.2) is 89.2 Å². The van der Waals surface area contributed by atoms with Crippen LogP contribution in [0.5, 0.6) is 0 Å². The van der Waals surface area contributed by atoms with Gasteiger partial charge in [0.1, 0.15) is 0 Å². The first-order valence-corrected chi connectivity index (χ1v) is 13.8.